The van der Waals surface area contributed by atoms with Gasteiger partial charge in [0.2, 0.25) is 0 Å². The van der Waals surface area contributed by atoms with Crippen LogP contribution in [0.1, 0.15) is 17.3 Å². The van der Waals surface area contributed by atoms with E-state index >= 15 is 0 Å². The third-order valence-electron chi connectivity index (χ3n) is 4.07. The first-order chi connectivity index (χ1) is 13.4. The van der Waals surface area contributed by atoms with E-state index in [1.807, 2.05) is 44.1 Å². The Morgan fingerprint density at radius 3 is 2.62 bits per heavy atom. The lowest BCUT2D eigenvalue weighted by atomic mass is 10.2. The molecule has 9 heteroatoms. The van der Waals surface area contributed by atoms with E-state index in [1.54, 1.807) is 4.90 Å². The second-order valence-electron chi connectivity index (χ2n) is 6.44. The van der Waals surface area contributed by atoms with Crippen molar-refractivity contribution in [2.75, 3.05) is 38.7 Å². The van der Waals surface area contributed by atoms with Gasteiger partial charge >= 0.3 is 0 Å². The van der Waals surface area contributed by atoms with Crippen LogP contribution in [0.25, 0.3) is 10.2 Å². The molecule has 0 saturated carbocycles. The number of amides is 1. The average Bonchev–Trinajstić information content (AvgIpc) is 3.04. The summed E-state index contributed by atoms with van der Waals surface area (Å²) in [6.45, 7) is 3.58. The van der Waals surface area contributed by atoms with Crippen molar-refractivity contribution in [2.45, 2.75) is 6.92 Å². The van der Waals surface area contributed by atoms with Gasteiger partial charge in [0.25, 0.3) is 5.91 Å². The standard InChI is InChI=1S/C20H21ClFN3O2S.ClH/c1-4-27-14-6-8-17-18(12-14)28-20(23-17)25(10-9-24(2)3)19(26)15-7-5-13(22)11-16(15)21;/h5-8,11-12H,4,9-10H2,1-3H3;1H. The predicted molar refractivity (Wildman–Crippen MR) is 120 cm³/mol. The molecule has 0 saturated heterocycles. The van der Waals surface area contributed by atoms with Crippen LogP contribution in [0.2, 0.25) is 5.02 Å². The smallest absolute Gasteiger partial charge is 0.261 e. The van der Waals surface area contributed by atoms with Crippen LogP contribution in [-0.4, -0.2) is 49.6 Å². The van der Waals surface area contributed by atoms with Gasteiger partial charge < -0.3 is 9.64 Å². The van der Waals surface area contributed by atoms with Crippen LogP contribution in [0.15, 0.2) is 36.4 Å². The topological polar surface area (TPSA) is 45.7 Å². The first-order valence-electron chi connectivity index (χ1n) is 8.84. The van der Waals surface area contributed by atoms with Gasteiger partial charge in [0.1, 0.15) is 11.6 Å². The number of hydrogen-bond acceptors (Lipinski definition) is 5. The summed E-state index contributed by atoms with van der Waals surface area (Å²) in [5, 5.41) is 0.649. The Morgan fingerprint density at radius 2 is 1.97 bits per heavy atom. The third kappa shape index (κ3) is 5.57. The molecule has 1 amide bonds. The number of rotatable bonds is 7. The van der Waals surface area contributed by atoms with Gasteiger partial charge in [-0.25, -0.2) is 9.37 Å². The molecule has 0 fully saturated rings. The minimum absolute atomic E-state index is 0. The van der Waals surface area contributed by atoms with Crippen LogP contribution in [0.5, 0.6) is 5.75 Å². The minimum atomic E-state index is -0.482. The molecule has 0 bridgehead atoms. The maximum Gasteiger partial charge on any atom is 0.261 e. The quantitative estimate of drug-likeness (QED) is 0.493. The maximum atomic E-state index is 13.4. The largest absolute Gasteiger partial charge is 0.494 e. The van der Waals surface area contributed by atoms with Crippen LogP contribution in [0.3, 0.4) is 0 Å². The molecule has 0 radical (unpaired) electrons. The number of halogens is 3. The number of nitrogens with zero attached hydrogens (tertiary/aromatic N) is 3. The Kier molecular flexibility index (Phi) is 8.22. The van der Waals surface area contributed by atoms with E-state index in [9.17, 15) is 9.18 Å². The Balaban J connectivity index is 0.00000300. The van der Waals surface area contributed by atoms with Crippen LogP contribution in [0.4, 0.5) is 9.52 Å². The second kappa shape index (κ2) is 10.2. The van der Waals surface area contributed by atoms with Gasteiger partial charge in [0, 0.05) is 13.1 Å². The van der Waals surface area contributed by atoms with Crippen LogP contribution < -0.4 is 9.64 Å². The number of carbonyl (C=O) groups excluding carboxylic acids is 1. The molecule has 0 aliphatic rings. The van der Waals surface area contributed by atoms with E-state index in [4.69, 9.17) is 16.3 Å². The van der Waals surface area contributed by atoms with Gasteiger partial charge in [0.05, 0.1) is 27.4 Å². The molecular formula is C20H22Cl2FN3O2S. The Labute approximate surface area is 184 Å². The molecule has 3 rings (SSSR count). The van der Waals surface area contributed by atoms with Crippen LogP contribution >= 0.6 is 35.3 Å². The molecule has 0 spiro atoms. The van der Waals surface area contributed by atoms with E-state index in [2.05, 4.69) is 4.98 Å². The van der Waals surface area contributed by atoms with Crippen LogP contribution in [-0.2, 0) is 0 Å². The highest BCUT2D eigenvalue weighted by atomic mass is 35.5. The van der Waals surface area contributed by atoms with Gasteiger partial charge in [0.15, 0.2) is 5.13 Å². The van der Waals surface area contributed by atoms with Crippen LogP contribution in [0, 0.1) is 5.82 Å². The van der Waals surface area contributed by atoms with Gasteiger partial charge in [-0.2, -0.15) is 0 Å². The molecule has 156 valence electrons. The number of benzene rings is 2. The van der Waals surface area contributed by atoms with E-state index in [0.29, 0.717) is 24.8 Å². The third-order valence-corrected chi connectivity index (χ3v) is 5.42. The molecule has 2 aromatic carbocycles. The minimum Gasteiger partial charge on any atom is -0.494 e. The summed E-state index contributed by atoms with van der Waals surface area (Å²) in [4.78, 5) is 21.4. The number of thiazole rings is 1. The van der Waals surface area contributed by atoms with Crippen molar-refractivity contribution in [3.63, 3.8) is 0 Å². The van der Waals surface area contributed by atoms with E-state index in [1.165, 1.54) is 23.5 Å². The summed E-state index contributed by atoms with van der Waals surface area (Å²) < 4.78 is 19.9. The molecule has 1 heterocycles. The van der Waals surface area contributed by atoms with E-state index in [0.717, 1.165) is 22.0 Å². The predicted octanol–water partition coefficient (Wildman–Crippen LogP) is 5.12. The Morgan fingerprint density at radius 1 is 1.21 bits per heavy atom. The van der Waals surface area contributed by atoms with Crippen molar-refractivity contribution in [1.29, 1.82) is 0 Å². The summed E-state index contributed by atoms with van der Waals surface area (Å²) in [6.07, 6.45) is 0. The SMILES string of the molecule is CCOc1ccc2nc(N(CCN(C)C)C(=O)c3ccc(F)cc3Cl)sc2c1.Cl. The number of fused-ring (bicyclic) bond motifs is 1. The lowest BCUT2D eigenvalue weighted by molar-refractivity contribution is 0.0985. The monoisotopic (exact) mass is 457 g/mol. The fourth-order valence-electron chi connectivity index (χ4n) is 2.66. The fraction of sp³-hybridized carbons (Fsp3) is 0.300. The lowest BCUT2D eigenvalue weighted by Gasteiger charge is -2.22. The van der Waals surface area contributed by atoms with Crippen molar-refractivity contribution in [2.24, 2.45) is 0 Å². The molecule has 0 aliphatic heterocycles. The molecular weight excluding hydrogens is 436 g/mol. The normalized spacial score (nSPS) is 10.8. The maximum absolute atomic E-state index is 13.4. The molecule has 1 aromatic heterocycles. The number of likely N-dealkylation sites (N-methyl/N-ethyl adjacent to an activating group) is 1. The van der Waals surface area contributed by atoms with E-state index < -0.39 is 5.82 Å². The van der Waals surface area contributed by atoms with Gasteiger partial charge in [-0.05, 0) is 57.4 Å². The Bertz CT molecular complexity index is 997. The summed E-state index contributed by atoms with van der Waals surface area (Å²) in [7, 11) is 3.86. The molecule has 0 aliphatic carbocycles. The number of carbonyl (C=O) groups is 1. The van der Waals surface area contributed by atoms with Gasteiger partial charge in [-0.1, -0.05) is 22.9 Å². The molecule has 29 heavy (non-hydrogen) atoms. The van der Waals surface area contributed by atoms with Crippen molar-refractivity contribution in [3.05, 3.63) is 52.8 Å². The molecule has 5 nitrogen and oxygen atoms in total. The lowest BCUT2D eigenvalue weighted by Crippen LogP contribution is -2.36. The first kappa shape index (κ1) is 23.3. The summed E-state index contributed by atoms with van der Waals surface area (Å²) in [6, 6.07) is 9.43. The molecule has 0 N–H and O–H groups in total. The number of anilines is 1. The second-order valence-corrected chi connectivity index (χ2v) is 7.86. The highest BCUT2D eigenvalue weighted by molar-refractivity contribution is 7.22. The highest BCUT2D eigenvalue weighted by Gasteiger charge is 2.23. The van der Waals surface area contributed by atoms with Crippen molar-refractivity contribution in [3.8, 4) is 5.75 Å². The summed E-state index contributed by atoms with van der Waals surface area (Å²) >= 11 is 7.53. The Hall–Kier alpha value is -1.93. The van der Waals surface area contributed by atoms with Crippen molar-refractivity contribution in [1.82, 2.24) is 9.88 Å². The number of hydrogen-bond donors (Lipinski definition) is 0. The molecule has 0 atom stereocenters. The summed E-state index contributed by atoms with van der Waals surface area (Å²) in [5.74, 6) is -0.0290. The zero-order valence-electron chi connectivity index (χ0n) is 16.3. The summed E-state index contributed by atoms with van der Waals surface area (Å²) in [5.41, 5.74) is 1.03. The average molecular weight is 458 g/mol. The molecule has 0 unspecified atom stereocenters. The highest BCUT2D eigenvalue weighted by Crippen LogP contribution is 2.33. The molecule has 3 aromatic rings. The van der Waals surface area contributed by atoms with Crippen molar-refractivity contribution < 1.29 is 13.9 Å². The van der Waals surface area contributed by atoms with E-state index in [-0.39, 0.29) is 28.9 Å². The van der Waals surface area contributed by atoms with Crippen molar-refractivity contribution >= 4 is 56.6 Å². The number of aromatic nitrogens is 1. The first-order valence-corrected chi connectivity index (χ1v) is 10.0. The number of ether oxygens (including phenoxy) is 1. The fourth-order valence-corrected chi connectivity index (χ4v) is 3.92. The van der Waals surface area contributed by atoms with Gasteiger partial charge in [-0.3, -0.25) is 9.69 Å². The zero-order chi connectivity index (χ0) is 20.3. The van der Waals surface area contributed by atoms with Gasteiger partial charge in [-0.15, -0.1) is 12.4 Å². The zero-order valence-corrected chi connectivity index (χ0v) is 18.7.